The molecule has 1 rings (SSSR count). The molecule has 0 radical (unpaired) electrons. The minimum Gasteiger partial charge on any atom is -0.322 e. The summed E-state index contributed by atoms with van der Waals surface area (Å²) in [4.78, 5) is 11.3. The predicted octanol–water partition coefficient (Wildman–Crippen LogP) is 1.68. The highest BCUT2D eigenvalue weighted by molar-refractivity contribution is 5.93. The number of likely N-dealkylation sites (N-methyl/N-ethyl adjacent to an activating group) is 1. The van der Waals surface area contributed by atoms with Gasteiger partial charge in [-0.15, -0.1) is 0 Å². The lowest BCUT2D eigenvalue weighted by molar-refractivity contribution is -0.115. The molecular weight excluding hydrogens is 195 g/mol. The zero-order valence-corrected chi connectivity index (χ0v) is 8.93. The largest absolute Gasteiger partial charge is 0.322 e. The van der Waals surface area contributed by atoms with Crippen LogP contribution in [0.4, 0.5) is 10.1 Å². The van der Waals surface area contributed by atoms with Gasteiger partial charge in [-0.2, -0.15) is 0 Å². The van der Waals surface area contributed by atoms with Crippen molar-refractivity contribution in [2.24, 2.45) is 0 Å². The van der Waals surface area contributed by atoms with Gasteiger partial charge in [0.1, 0.15) is 5.82 Å². The number of para-hydroxylation sites is 1. The molecule has 0 unspecified atom stereocenters. The Balaban J connectivity index is 2.68. The number of halogens is 1. The minimum atomic E-state index is -0.403. The Hall–Kier alpha value is -1.42. The van der Waals surface area contributed by atoms with Gasteiger partial charge in [0.05, 0.1) is 12.2 Å². The third-order valence-electron chi connectivity index (χ3n) is 2.02. The van der Waals surface area contributed by atoms with Crippen molar-refractivity contribution in [3.05, 3.63) is 29.6 Å². The van der Waals surface area contributed by atoms with E-state index in [9.17, 15) is 9.18 Å². The molecule has 1 aromatic rings. The highest BCUT2D eigenvalue weighted by atomic mass is 19.1. The molecule has 0 atom stereocenters. The maximum Gasteiger partial charge on any atom is 0.238 e. The second-order valence-electron chi connectivity index (χ2n) is 3.26. The first-order valence-electron chi connectivity index (χ1n) is 4.90. The topological polar surface area (TPSA) is 41.1 Å². The Morgan fingerprint density at radius 1 is 1.47 bits per heavy atom. The molecule has 0 saturated heterocycles. The van der Waals surface area contributed by atoms with Crippen LogP contribution in [0.2, 0.25) is 0 Å². The zero-order chi connectivity index (χ0) is 11.3. The summed E-state index contributed by atoms with van der Waals surface area (Å²) in [6, 6.07) is 4.70. The average Bonchev–Trinajstić information content (AvgIpc) is 2.21. The number of benzene rings is 1. The van der Waals surface area contributed by atoms with Crippen molar-refractivity contribution in [2.45, 2.75) is 13.8 Å². The first-order valence-corrected chi connectivity index (χ1v) is 4.90. The van der Waals surface area contributed by atoms with Crippen LogP contribution in [-0.2, 0) is 4.79 Å². The maximum atomic E-state index is 13.3. The van der Waals surface area contributed by atoms with E-state index < -0.39 is 5.82 Å². The normalized spacial score (nSPS) is 10.1. The van der Waals surface area contributed by atoms with E-state index >= 15 is 0 Å². The molecule has 0 aliphatic heterocycles. The summed E-state index contributed by atoms with van der Waals surface area (Å²) in [6.45, 7) is 4.57. The summed E-state index contributed by atoms with van der Waals surface area (Å²) in [5.74, 6) is -0.634. The number of anilines is 1. The van der Waals surface area contributed by atoms with Crippen molar-refractivity contribution < 1.29 is 9.18 Å². The lowest BCUT2D eigenvalue weighted by Crippen LogP contribution is -2.28. The van der Waals surface area contributed by atoms with Crippen LogP contribution in [0.25, 0.3) is 0 Å². The van der Waals surface area contributed by atoms with Crippen molar-refractivity contribution >= 4 is 11.6 Å². The number of carbonyl (C=O) groups is 1. The minimum absolute atomic E-state index is 0.199. The van der Waals surface area contributed by atoms with Gasteiger partial charge >= 0.3 is 0 Å². The number of amides is 1. The molecule has 0 heterocycles. The van der Waals surface area contributed by atoms with Crippen molar-refractivity contribution in [1.82, 2.24) is 5.32 Å². The van der Waals surface area contributed by atoms with Gasteiger partial charge in [0, 0.05) is 0 Å². The monoisotopic (exact) mass is 210 g/mol. The van der Waals surface area contributed by atoms with Crippen LogP contribution in [0.5, 0.6) is 0 Å². The van der Waals surface area contributed by atoms with Crippen LogP contribution in [0.15, 0.2) is 18.2 Å². The summed E-state index contributed by atoms with van der Waals surface area (Å²) >= 11 is 0. The quantitative estimate of drug-likeness (QED) is 0.794. The highest BCUT2D eigenvalue weighted by Crippen LogP contribution is 2.18. The fraction of sp³-hybridized carbons (Fsp3) is 0.364. The summed E-state index contributed by atoms with van der Waals surface area (Å²) in [5, 5.41) is 5.41. The Morgan fingerprint density at radius 3 is 2.80 bits per heavy atom. The van der Waals surface area contributed by atoms with Crippen LogP contribution in [0, 0.1) is 12.7 Å². The van der Waals surface area contributed by atoms with Crippen LogP contribution in [0.1, 0.15) is 12.5 Å². The Kier molecular flexibility index (Phi) is 4.24. The van der Waals surface area contributed by atoms with E-state index in [1.165, 1.54) is 6.07 Å². The first-order chi connectivity index (χ1) is 7.15. The molecule has 0 aromatic heterocycles. The number of rotatable bonds is 4. The second kappa shape index (κ2) is 5.46. The molecule has 0 aliphatic rings. The maximum absolute atomic E-state index is 13.3. The number of carbonyl (C=O) groups excluding carboxylic acids is 1. The van der Waals surface area contributed by atoms with E-state index in [0.29, 0.717) is 6.54 Å². The van der Waals surface area contributed by atoms with Gasteiger partial charge in [0.25, 0.3) is 0 Å². The average molecular weight is 210 g/mol. The highest BCUT2D eigenvalue weighted by Gasteiger charge is 2.08. The number of hydrogen-bond acceptors (Lipinski definition) is 2. The van der Waals surface area contributed by atoms with E-state index in [0.717, 1.165) is 5.56 Å². The zero-order valence-electron chi connectivity index (χ0n) is 8.93. The third kappa shape index (κ3) is 3.32. The standard InChI is InChI=1S/C11H15FN2O/c1-3-13-7-10(15)14-11-8(2)5-4-6-9(11)12/h4-6,13H,3,7H2,1-2H3,(H,14,15). The lowest BCUT2D eigenvalue weighted by atomic mass is 10.2. The van der Waals surface area contributed by atoms with Crippen LogP contribution < -0.4 is 10.6 Å². The Labute approximate surface area is 88.7 Å². The van der Waals surface area contributed by atoms with E-state index in [-0.39, 0.29) is 18.1 Å². The number of nitrogens with one attached hydrogen (secondary N) is 2. The van der Waals surface area contributed by atoms with Gasteiger partial charge in [0.2, 0.25) is 5.91 Å². The predicted molar refractivity (Wildman–Crippen MR) is 58.3 cm³/mol. The molecule has 0 saturated carbocycles. The Morgan fingerprint density at radius 2 is 2.20 bits per heavy atom. The fourth-order valence-electron chi connectivity index (χ4n) is 1.21. The molecule has 0 aliphatic carbocycles. The van der Waals surface area contributed by atoms with Gasteiger partial charge in [-0.3, -0.25) is 4.79 Å². The lowest BCUT2D eigenvalue weighted by Gasteiger charge is -2.09. The number of aryl methyl sites for hydroxylation is 1. The summed E-state index contributed by atoms with van der Waals surface area (Å²) in [7, 11) is 0. The van der Waals surface area contributed by atoms with E-state index in [1.807, 2.05) is 6.92 Å². The van der Waals surface area contributed by atoms with Gasteiger partial charge in [-0.1, -0.05) is 19.1 Å². The smallest absolute Gasteiger partial charge is 0.238 e. The molecule has 4 heteroatoms. The van der Waals surface area contributed by atoms with Gasteiger partial charge in [0.15, 0.2) is 0 Å². The van der Waals surface area contributed by atoms with Crippen molar-refractivity contribution in [3.63, 3.8) is 0 Å². The van der Waals surface area contributed by atoms with E-state index in [2.05, 4.69) is 10.6 Å². The molecular formula is C11H15FN2O. The summed E-state index contributed by atoms with van der Waals surface area (Å²) in [6.07, 6.45) is 0. The van der Waals surface area contributed by atoms with Crippen molar-refractivity contribution in [3.8, 4) is 0 Å². The van der Waals surface area contributed by atoms with Crippen LogP contribution in [0.3, 0.4) is 0 Å². The molecule has 15 heavy (non-hydrogen) atoms. The van der Waals surface area contributed by atoms with Crippen LogP contribution >= 0.6 is 0 Å². The molecule has 1 amide bonds. The molecule has 1 aromatic carbocycles. The SMILES string of the molecule is CCNCC(=O)Nc1c(C)cccc1F. The van der Waals surface area contributed by atoms with E-state index in [1.54, 1.807) is 19.1 Å². The molecule has 3 nitrogen and oxygen atoms in total. The third-order valence-corrected chi connectivity index (χ3v) is 2.02. The summed E-state index contributed by atoms with van der Waals surface area (Å²) < 4.78 is 13.3. The molecule has 0 spiro atoms. The van der Waals surface area contributed by atoms with Gasteiger partial charge < -0.3 is 10.6 Å². The summed E-state index contributed by atoms with van der Waals surface area (Å²) in [5.41, 5.74) is 0.986. The van der Waals surface area contributed by atoms with Gasteiger partial charge in [-0.25, -0.2) is 4.39 Å². The second-order valence-corrected chi connectivity index (χ2v) is 3.26. The molecule has 2 N–H and O–H groups in total. The van der Waals surface area contributed by atoms with E-state index in [4.69, 9.17) is 0 Å². The van der Waals surface area contributed by atoms with Crippen molar-refractivity contribution in [2.75, 3.05) is 18.4 Å². The molecule has 0 bridgehead atoms. The molecule has 82 valence electrons. The first kappa shape index (κ1) is 11.7. The Bertz CT molecular complexity index is 332. The van der Waals surface area contributed by atoms with Crippen LogP contribution in [-0.4, -0.2) is 19.0 Å². The number of hydrogen-bond donors (Lipinski definition) is 2. The fourth-order valence-corrected chi connectivity index (χ4v) is 1.21. The van der Waals surface area contributed by atoms with Crippen molar-refractivity contribution in [1.29, 1.82) is 0 Å². The molecule has 0 fully saturated rings. The van der Waals surface area contributed by atoms with Gasteiger partial charge in [-0.05, 0) is 25.1 Å².